The predicted molar refractivity (Wildman–Crippen MR) is 104 cm³/mol. The summed E-state index contributed by atoms with van der Waals surface area (Å²) in [7, 11) is 2.25. The number of hydrogen-bond donors (Lipinski definition) is 0. The van der Waals surface area contributed by atoms with Gasteiger partial charge in [0.05, 0.1) is 11.6 Å². The van der Waals surface area contributed by atoms with Crippen LogP contribution in [0.2, 0.25) is 0 Å². The van der Waals surface area contributed by atoms with E-state index in [9.17, 15) is 0 Å². The van der Waals surface area contributed by atoms with E-state index in [0.29, 0.717) is 12.0 Å². The number of aryl methyl sites for hydroxylation is 1. The second-order valence-corrected chi connectivity index (χ2v) is 8.14. The molecule has 25 heavy (non-hydrogen) atoms. The van der Waals surface area contributed by atoms with Crippen molar-refractivity contribution < 1.29 is 0 Å². The van der Waals surface area contributed by atoms with Crippen LogP contribution in [0.5, 0.6) is 0 Å². The number of likely N-dealkylation sites (N-methyl/N-ethyl adjacent to an activating group) is 1. The van der Waals surface area contributed by atoms with Crippen molar-refractivity contribution in [2.75, 3.05) is 13.6 Å². The minimum Gasteiger partial charge on any atom is -0.336 e. The summed E-state index contributed by atoms with van der Waals surface area (Å²) in [5.74, 6) is 0.621. The van der Waals surface area contributed by atoms with Gasteiger partial charge in [0.1, 0.15) is 0 Å². The lowest BCUT2D eigenvalue weighted by atomic mass is 9.85. The summed E-state index contributed by atoms with van der Waals surface area (Å²) in [5.41, 5.74) is 9.08. The topological polar surface area (TPSA) is 8.17 Å². The second kappa shape index (κ2) is 5.47. The number of hydrogen-bond acceptors (Lipinski definition) is 1. The maximum atomic E-state index is 2.72. The molecular formula is C23H26N2. The van der Waals surface area contributed by atoms with Crippen molar-refractivity contribution in [3.05, 3.63) is 70.4 Å². The van der Waals surface area contributed by atoms with Crippen LogP contribution in [0.4, 0.5) is 0 Å². The van der Waals surface area contributed by atoms with E-state index in [-0.39, 0.29) is 0 Å². The van der Waals surface area contributed by atoms with Gasteiger partial charge < -0.3 is 9.47 Å². The van der Waals surface area contributed by atoms with E-state index in [1.807, 2.05) is 0 Å². The third-order valence-corrected chi connectivity index (χ3v) is 6.20. The first kappa shape index (κ1) is 15.2. The van der Waals surface area contributed by atoms with Crippen LogP contribution in [0, 0.1) is 12.8 Å². The summed E-state index contributed by atoms with van der Waals surface area (Å²) < 4.78 is 2.72. The van der Waals surface area contributed by atoms with E-state index in [4.69, 9.17) is 0 Å². The number of nitrogens with zero attached hydrogens (tertiary/aromatic N) is 2. The monoisotopic (exact) mass is 330 g/mol. The normalized spacial score (nSPS) is 23.0. The van der Waals surface area contributed by atoms with Gasteiger partial charge in [0.2, 0.25) is 0 Å². The number of aromatic nitrogens is 1. The maximum absolute atomic E-state index is 2.72. The molecule has 0 amide bonds. The van der Waals surface area contributed by atoms with Gasteiger partial charge in [-0.15, -0.1) is 0 Å². The summed E-state index contributed by atoms with van der Waals surface area (Å²) in [6.07, 6.45) is 2.34. The van der Waals surface area contributed by atoms with Gasteiger partial charge in [-0.05, 0) is 49.1 Å². The van der Waals surface area contributed by atoms with Crippen molar-refractivity contribution in [2.24, 2.45) is 5.92 Å². The zero-order valence-corrected chi connectivity index (χ0v) is 15.4. The molecule has 2 aromatic carbocycles. The molecule has 1 aromatic heterocycles. The number of rotatable bonds is 1. The Morgan fingerprint density at radius 3 is 2.68 bits per heavy atom. The van der Waals surface area contributed by atoms with Crippen molar-refractivity contribution in [1.29, 1.82) is 0 Å². The van der Waals surface area contributed by atoms with Gasteiger partial charge in [-0.25, -0.2) is 0 Å². The summed E-state index contributed by atoms with van der Waals surface area (Å²) in [4.78, 5) is 2.47. The first-order valence-corrected chi connectivity index (χ1v) is 9.52. The molecule has 5 rings (SSSR count). The molecule has 2 heteroatoms. The molecule has 2 unspecified atom stereocenters. The highest BCUT2D eigenvalue weighted by molar-refractivity contribution is 5.90. The Balaban J connectivity index is 1.85. The standard InChI is InChI=1S/C23H26N2/c1-15-11-18-13-16(2)22(17-7-5-4-6-8-17)25-21-9-10-24(3)14-20(21)19(12-15)23(18)25/h4-8,11-12,16,22H,9-10,13-14H2,1-3H3. The zero-order chi connectivity index (χ0) is 17.1. The van der Waals surface area contributed by atoms with Gasteiger partial charge in [0, 0.05) is 30.6 Å². The van der Waals surface area contributed by atoms with Gasteiger partial charge in [-0.3, -0.25) is 0 Å². The fourth-order valence-electron chi connectivity index (χ4n) is 5.20. The summed E-state index contributed by atoms with van der Waals surface area (Å²) >= 11 is 0. The quantitative estimate of drug-likeness (QED) is 0.627. The molecule has 3 heterocycles. The van der Waals surface area contributed by atoms with Gasteiger partial charge in [-0.2, -0.15) is 0 Å². The van der Waals surface area contributed by atoms with E-state index >= 15 is 0 Å². The zero-order valence-electron chi connectivity index (χ0n) is 15.4. The molecule has 0 spiro atoms. The Morgan fingerprint density at radius 1 is 1.08 bits per heavy atom. The van der Waals surface area contributed by atoms with Crippen LogP contribution in [0.1, 0.15) is 40.9 Å². The van der Waals surface area contributed by atoms with E-state index in [1.54, 1.807) is 16.8 Å². The highest BCUT2D eigenvalue weighted by Gasteiger charge is 2.34. The van der Waals surface area contributed by atoms with Crippen LogP contribution in [0.25, 0.3) is 10.9 Å². The lowest BCUT2D eigenvalue weighted by Gasteiger charge is -2.35. The maximum Gasteiger partial charge on any atom is 0.0617 e. The molecular weight excluding hydrogens is 304 g/mol. The molecule has 0 saturated heterocycles. The first-order chi connectivity index (χ1) is 12.1. The van der Waals surface area contributed by atoms with Crippen molar-refractivity contribution in [1.82, 2.24) is 9.47 Å². The third kappa shape index (κ3) is 2.20. The van der Waals surface area contributed by atoms with Crippen LogP contribution < -0.4 is 0 Å². The fraction of sp³-hybridized carbons (Fsp3) is 0.391. The van der Waals surface area contributed by atoms with Crippen LogP contribution in [0.15, 0.2) is 42.5 Å². The van der Waals surface area contributed by atoms with Crippen molar-refractivity contribution >= 4 is 10.9 Å². The molecule has 128 valence electrons. The van der Waals surface area contributed by atoms with Crippen molar-refractivity contribution in [2.45, 2.75) is 39.3 Å². The number of fused-ring (bicyclic) bond motifs is 3. The molecule has 0 saturated carbocycles. The largest absolute Gasteiger partial charge is 0.336 e. The molecule has 2 atom stereocenters. The summed E-state index contributed by atoms with van der Waals surface area (Å²) in [5, 5.41) is 1.50. The van der Waals surface area contributed by atoms with Gasteiger partial charge in [0.15, 0.2) is 0 Å². The Morgan fingerprint density at radius 2 is 1.88 bits per heavy atom. The Labute approximate surface area is 150 Å². The van der Waals surface area contributed by atoms with E-state index in [1.165, 1.54) is 28.5 Å². The molecule has 0 aliphatic carbocycles. The van der Waals surface area contributed by atoms with Gasteiger partial charge in [-0.1, -0.05) is 48.9 Å². The van der Waals surface area contributed by atoms with Crippen LogP contribution in [-0.4, -0.2) is 23.1 Å². The highest BCUT2D eigenvalue weighted by Crippen LogP contribution is 2.44. The lowest BCUT2D eigenvalue weighted by molar-refractivity contribution is 0.301. The molecule has 0 N–H and O–H groups in total. The molecule has 2 aliphatic rings. The van der Waals surface area contributed by atoms with Gasteiger partial charge in [0.25, 0.3) is 0 Å². The minimum absolute atomic E-state index is 0.464. The Bertz CT molecular complexity index is 951. The molecule has 2 aliphatic heterocycles. The lowest BCUT2D eigenvalue weighted by Crippen LogP contribution is -2.31. The van der Waals surface area contributed by atoms with Crippen molar-refractivity contribution in [3.8, 4) is 0 Å². The van der Waals surface area contributed by atoms with E-state index < -0.39 is 0 Å². The smallest absolute Gasteiger partial charge is 0.0617 e. The van der Waals surface area contributed by atoms with Crippen LogP contribution >= 0.6 is 0 Å². The molecule has 0 radical (unpaired) electrons. The summed E-state index contributed by atoms with van der Waals surface area (Å²) in [6.45, 7) is 6.92. The van der Waals surface area contributed by atoms with Crippen LogP contribution in [0.3, 0.4) is 0 Å². The molecule has 0 fully saturated rings. The molecule has 0 bridgehead atoms. The molecule has 3 aromatic rings. The Hall–Kier alpha value is -2.06. The number of benzene rings is 2. The highest BCUT2D eigenvalue weighted by atomic mass is 15.1. The minimum atomic E-state index is 0.464. The average molecular weight is 330 g/mol. The van der Waals surface area contributed by atoms with Gasteiger partial charge >= 0.3 is 0 Å². The van der Waals surface area contributed by atoms with Crippen LogP contribution in [-0.2, 0) is 19.4 Å². The van der Waals surface area contributed by atoms with Crippen molar-refractivity contribution in [3.63, 3.8) is 0 Å². The second-order valence-electron chi connectivity index (χ2n) is 8.14. The predicted octanol–water partition coefficient (Wildman–Crippen LogP) is 4.72. The SMILES string of the molecule is Cc1cc2c3c(c1)c1c(n3C(c3ccccc3)C(C)C2)CCN(C)C1. The summed E-state index contributed by atoms with van der Waals surface area (Å²) in [6, 6.07) is 16.4. The molecule has 2 nitrogen and oxygen atoms in total. The third-order valence-electron chi connectivity index (χ3n) is 6.20. The fourth-order valence-corrected chi connectivity index (χ4v) is 5.20. The van der Waals surface area contributed by atoms with E-state index in [0.717, 1.165) is 19.5 Å². The average Bonchev–Trinajstić information content (AvgIpc) is 2.90. The Kier molecular flexibility index (Phi) is 3.33. The first-order valence-electron chi connectivity index (χ1n) is 9.52. The van der Waals surface area contributed by atoms with E-state index in [2.05, 4.69) is 72.8 Å².